The largest absolute Gasteiger partial charge is 0.394 e. The molecule has 7 aromatic rings. The molecule has 300 valence electrons. The zero-order valence-corrected chi connectivity index (χ0v) is 34.2. The number of benzene rings is 6. The van der Waals surface area contributed by atoms with Crippen molar-refractivity contribution in [3.8, 4) is 0 Å². The summed E-state index contributed by atoms with van der Waals surface area (Å²) in [4.78, 5) is 37.5. The molecule has 8 rings (SSSR count). The summed E-state index contributed by atoms with van der Waals surface area (Å²) in [5.74, 6) is -0.790. The molecule has 0 saturated carbocycles. The topological polar surface area (TPSA) is 117 Å². The van der Waals surface area contributed by atoms with E-state index >= 15 is 0 Å². The van der Waals surface area contributed by atoms with Crippen LogP contribution in [-0.2, 0) is 25.5 Å². The van der Waals surface area contributed by atoms with Gasteiger partial charge >= 0.3 is 0 Å². The van der Waals surface area contributed by atoms with Crippen LogP contribution in [0.25, 0.3) is 0 Å². The van der Waals surface area contributed by atoms with Gasteiger partial charge in [0.2, 0.25) is 5.91 Å². The second-order valence-corrected chi connectivity index (χ2v) is 15.4. The van der Waals surface area contributed by atoms with Gasteiger partial charge in [0.25, 0.3) is 5.91 Å². The van der Waals surface area contributed by atoms with Gasteiger partial charge in [-0.05, 0) is 33.4 Å². The van der Waals surface area contributed by atoms with Crippen LogP contribution in [0.2, 0.25) is 0 Å². The molecule has 1 aliphatic rings. The van der Waals surface area contributed by atoms with Crippen molar-refractivity contribution in [1.29, 1.82) is 0 Å². The first-order chi connectivity index (χ1) is 29.5. The molecule has 0 aliphatic carbocycles. The number of carbonyl (C=O) groups excluding carboxylic acids is 2. The lowest BCUT2D eigenvalue weighted by atomic mass is 9.77. The Hall–Kier alpha value is -6.59. The predicted octanol–water partition coefficient (Wildman–Crippen LogP) is 8.07. The smallest absolute Gasteiger partial charge is 0.276 e. The Labute approximate surface area is 358 Å². The fourth-order valence-corrected chi connectivity index (χ4v) is 8.80. The zero-order valence-electron chi connectivity index (χ0n) is 32.6. The van der Waals surface area contributed by atoms with Crippen LogP contribution in [0.15, 0.2) is 193 Å². The standard InChI is InChI=1S/C49H43ClN6O3S/c50-33-41-43(45(57)52-41)54-46(58)44(56-59-32-31-51-48(35-19-7-1-8-20-35,36-21-9-2-10-22-36)37-23-11-3-12-24-37)42-34-60-47(53-42)55-49(38-25-13-4-14-26-38,39-27-15-5-16-28-39)40-29-17-6-18-30-40/h1-30,34,41,43,51H,31-33H2,(H,52,57)(H,53,55)(H,54,58). The van der Waals surface area contributed by atoms with Gasteiger partial charge < -0.3 is 20.8 Å². The van der Waals surface area contributed by atoms with Crippen LogP contribution < -0.4 is 21.3 Å². The number of oxime groups is 1. The van der Waals surface area contributed by atoms with Crippen molar-refractivity contribution in [2.45, 2.75) is 23.2 Å². The van der Waals surface area contributed by atoms with Gasteiger partial charge in [-0.1, -0.05) is 187 Å². The van der Waals surface area contributed by atoms with Gasteiger partial charge in [-0.3, -0.25) is 14.9 Å². The van der Waals surface area contributed by atoms with Gasteiger partial charge in [0, 0.05) is 17.8 Å². The number of nitrogens with zero attached hydrogens (tertiary/aromatic N) is 2. The summed E-state index contributed by atoms with van der Waals surface area (Å²) in [6.07, 6.45) is 0. The molecule has 1 fully saturated rings. The van der Waals surface area contributed by atoms with E-state index in [2.05, 4.69) is 99.2 Å². The Morgan fingerprint density at radius 2 is 1.08 bits per heavy atom. The molecule has 1 aromatic heterocycles. The first kappa shape index (κ1) is 40.2. The lowest BCUT2D eigenvalue weighted by Gasteiger charge is -2.37. The lowest BCUT2D eigenvalue weighted by molar-refractivity contribution is -0.134. The highest BCUT2D eigenvalue weighted by Crippen LogP contribution is 2.41. The number of nitrogens with one attached hydrogen (secondary N) is 4. The highest BCUT2D eigenvalue weighted by Gasteiger charge is 2.41. The number of β-lactam (4-membered cyclic amide) rings is 1. The molecule has 0 bridgehead atoms. The number of halogens is 1. The normalized spacial score (nSPS) is 15.3. The quantitative estimate of drug-likeness (QED) is 0.0184. The number of thiazole rings is 1. The second-order valence-electron chi connectivity index (χ2n) is 14.3. The molecule has 2 amide bonds. The number of carbonyl (C=O) groups is 2. The van der Waals surface area contributed by atoms with Crippen molar-refractivity contribution < 1.29 is 14.4 Å². The minimum atomic E-state index is -0.846. The van der Waals surface area contributed by atoms with Gasteiger partial charge in [-0.15, -0.1) is 22.9 Å². The molecule has 1 saturated heterocycles. The third kappa shape index (κ3) is 8.18. The maximum Gasteiger partial charge on any atom is 0.276 e. The third-order valence-corrected chi connectivity index (χ3v) is 11.8. The molecular formula is C49H43ClN6O3S. The Bertz CT molecular complexity index is 2320. The number of rotatable bonds is 17. The number of anilines is 1. The van der Waals surface area contributed by atoms with E-state index in [1.54, 1.807) is 5.38 Å². The maximum absolute atomic E-state index is 14.1. The number of amides is 2. The Balaban J connectivity index is 1.11. The molecule has 0 spiro atoms. The summed E-state index contributed by atoms with van der Waals surface area (Å²) in [5, 5.41) is 19.8. The minimum Gasteiger partial charge on any atom is -0.394 e. The van der Waals surface area contributed by atoms with E-state index < -0.39 is 29.1 Å². The van der Waals surface area contributed by atoms with E-state index in [0.717, 1.165) is 33.4 Å². The van der Waals surface area contributed by atoms with E-state index in [1.165, 1.54) is 11.3 Å². The van der Waals surface area contributed by atoms with Crippen LogP contribution in [0.1, 0.15) is 39.1 Å². The average molecular weight is 831 g/mol. The molecule has 0 radical (unpaired) electrons. The minimum absolute atomic E-state index is 0.0718. The van der Waals surface area contributed by atoms with Crippen LogP contribution in [0, 0.1) is 0 Å². The van der Waals surface area contributed by atoms with Gasteiger partial charge in [0.1, 0.15) is 23.9 Å². The van der Waals surface area contributed by atoms with Gasteiger partial charge in [0.05, 0.1) is 11.6 Å². The Morgan fingerprint density at radius 1 is 0.667 bits per heavy atom. The molecule has 2 heterocycles. The molecule has 2 atom stereocenters. The number of aromatic nitrogens is 1. The van der Waals surface area contributed by atoms with E-state index in [1.807, 2.05) is 109 Å². The first-order valence-corrected chi connectivity index (χ1v) is 21.1. The SMILES string of the molecule is O=C(NC1C(=O)NC1CCl)C(=NOCCNC(c1ccccc1)(c1ccccc1)c1ccccc1)c1csc(NC(c2ccccc2)(c2ccccc2)c2ccccc2)n1. The fourth-order valence-electron chi connectivity index (χ4n) is 7.80. The number of hydrogen-bond donors (Lipinski definition) is 4. The van der Waals surface area contributed by atoms with Crippen LogP contribution in [0.4, 0.5) is 5.13 Å². The monoisotopic (exact) mass is 830 g/mol. The van der Waals surface area contributed by atoms with Crippen LogP contribution >= 0.6 is 22.9 Å². The molecule has 9 nitrogen and oxygen atoms in total. The average Bonchev–Trinajstić information content (AvgIpc) is 3.78. The van der Waals surface area contributed by atoms with Crippen molar-refractivity contribution in [2.75, 3.05) is 24.3 Å². The summed E-state index contributed by atoms with van der Waals surface area (Å²) in [6, 6.07) is 60.2. The summed E-state index contributed by atoms with van der Waals surface area (Å²) in [7, 11) is 0. The highest BCUT2D eigenvalue weighted by molar-refractivity contribution is 7.14. The first-order valence-electron chi connectivity index (χ1n) is 19.7. The van der Waals surface area contributed by atoms with Crippen molar-refractivity contribution in [1.82, 2.24) is 20.9 Å². The lowest BCUT2D eigenvalue weighted by Crippen LogP contribution is -2.70. The number of alkyl halides is 1. The molecular weight excluding hydrogens is 788 g/mol. The fraction of sp³-hybridized carbons (Fsp3) is 0.143. The summed E-state index contributed by atoms with van der Waals surface area (Å²) in [5.41, 5.74) is 4.82. The summed E-state index contributed by atoms with van der Waals surface area (Å²) < 4.78 is 0. The maximum atomic E-state index is 14.1. The molecule has 11 heteroatoms. The Kier molecular flexibility index (Phi) is 12.4. The van der Waals surface area contributed by atoms with Gasteiger partial charge in [-0.2, -0.15) is 0 Å². The molecule has 1 aliphatic heterocycles. The Morgan fingerprint density at radius 3 is 1.48 bits per heavy atom. The van der Waals surface area contributed by atoms with Crippen molar-refractivity contribution in [2.24, 2.45) is 5.16 Å². The van der Waals surface area contributed by atoms with Crippen LogP contribution in [-0.4, -0.2) is 53.6 Å². The van der Waals surface area contributed by atoms with Gasteiger partial charge in [0.15, 0.2) is 10.8 Å². The van der Waals surface area contributed by atoms with Crippen molar-refractivity contribution in [3.05, 3.63) is 226 Å². The zero-order chi connectivity index (χ0) is 41.2. The summed E-state index contributed by atoms with van der Waals surface area (Å²) in [6.45, 7) is 0.460. The van der Waals surface area contributed by atoms with E-state index in [0.29, 0.717) is 11.7 Å². The third-order valence-electron chi connectivity index (χ3n) is 10.7. The second kappa shape index (κ2) is 18.6. The van der Waals surface area contributed by atoms with E-state index in [4.69, 9.17) is 21.4 Å². The van der Waals surface area contributed by atoms with E-state index in [9.17, 15) is 9.59 Å². The van der Waals surface area contributed by atoms with E-state index in [-0.39, 0.29) is 29.8 Å². The van der Waals surface area contributed by atoms with Crippen molar-refractivity contribution in [3.63, 3.8) is 0 Å². The van der Waals surface area contributed by atoms with Crippen molar-refractivity contribution >= 4 is 45.6 Å². The van der Waals surface area contributed by atoms with Crippen LogP contribution in [0.3, 0.4) is 0 Å². The molecule has 4 N–H and O–H groups in total. The molecule has 2 unspecified atom stereocenters. The van der Waals surface area contributed by atoms with Gasteiger partial charge in [-0.25, -0.2) is 4.98 Å². The summed E-state index contributed by atoms with van der Waals surface area (Å²) >= 11 is 7.44. The number of hydrogen-bond acceptors (Lipinski definition) is 8. The molecule has 60 heavy (non-hydrogen) atoms. The molecule has 6 aromatic carbocycles. The van der Waals surface area contributed by atoms with Crippen LogP contribution in [0.5, 0.6) is 0 Å². The predicted molar refractivity (Wildman–Crippen MR) is 239 cm³/mol. The highest BCUT2D eigenvalue weighted by atomic mass is 35.5.